The van der Waals surface area contributed by atoms with Crippen LogP contribution in [0.4, 0.5) is 0 Å². The highest BCUT2D eigenvalue weighted by Crippen LogP contribution is 2.34. The Balaban J connectivity index is 1.64. The number of benzene rings is 3. The Kier molecular flexibility index (Phi) is 7.85. The van der Waals surface area contributed by atoms with Crippen LogP contribution in [0.25, 0.3) is 0 Å². The molecule has 3 rings (SSSR count). The van der Waals surface area contributed by atoms with Crippen molar-refractivity contribution < 1.29 is 14.9 Å². The summed E-state index contributed by atoms with van der Waals surface area (Å²) in [6.45, 7) is 6.70. The zero-order chi connectivity index (χ0) is 22.3. The first-order valence-corrected chi connectivity index (χ1v) is 10.8. The van der Waals surface area contributed by atoms with Crippen molar-refractivity contribution in [3.8, 4) is 5.75 Å². The number of aryl methyl sites for hydroxylation is 2. The maximum absolute atomic E-state index is 11.8. The first kappa shape index (κ1) is 23.0. The topological polar surface area (TPSA) is 61.7 Å². The summed E-state index contributed by atoms with van der Waals surface area (Å²) in [6, 6.07) is 25.5. The van der Waals surface area contributed by atoms with E-state index in [0.29, 0.717) is 13.0 Å². The van der Waals surface area contributed by atoms with E-state index in [9.17, 15) is 10.2 Å². The number of para-hydroxylation sites is 1. The van der Waals surface area contributed by atoms with Gasteiger partial charge in [0.15, 0.2) is 0 Å². The highest BCUT2D eigenvalue weighted by atomic mass is 16.5. The van der Waals surface area contributed by atoms with Crippen LogP contribution >= 0.6 is 0 Å². The monoisotopic (exact) mass is 419 g/mol. The molecule has 3 N–H and O–H groups in total. The zero-order valence-electron chi connectivity index (χ0n) is 18.6. The van der Waals surface area contributed by atoms with Gasteiger partial charge in [0.1, 0.15) is 24.1 Å². The average molecular weight is 420 g/mol. The molecule has 0 heterocycles. The summed E-state index contributed by atoms with van der Waals surface area (Å²) in [5.41, 5.74) is 2.91. The molecule has 3 aromatic carbocycles. The largest absolute Gasteiger partial charge is 0.491 e. The Hall–Kier alpha value is -2.66. The lowest BCUT2D eigenvalue weighted by atomic mass is 9.81. The summed E-state index contributed by atoms with van der Waals surface area (Å²) in [6.07, 6.45) is -0.166. The van der Waals surface area contributed by atoms with Gasteiger partial charge in [0.25, 0.3) is 0 Å². The molecule has 0 aliphatic heterocycles. The van der Waals surface area contributed by atoms with Crippen molar-refractivity contribution in [2.24, 2.45) is 0 Å². The van der Waals surface area contributed by atoms with E-state index >= 15 is 0 Å². The molecule has 31 heavy (non-hydrogen) atoms. The minimum absolute atomic E-state index is 0.0287. The molecule has 164 valence electrons. The number of nitrogens with one attached hydrogen (secondary N) is 1. The van der Waals surface area contributed by atoms with Crippen LogP contribution < -0.4 is 10.1 Å². The molecule has 0 aromatic heterocycles. The van der Waals surface area contributed by atoms with Gasteiger partial charge in [0, 0.05) is 12.6 Å². The fraction of sp³-hybridized carbons (Fsp3) is 0.333. The van der Waals surface area contributed by atoms with Crippen LogP contribution in [0.1, 0.15) is 35.6 Å². The molecule has 3 aromatic rings. The van der Waals surface area contributed by atoms with Gasteiger partial charge in [-0.05, 0) is 50.5 Å². The van der Waals surface area contributed by atoms with Gasteiger partial charge in [-0.25, -0.2) is 0 Å². The summed E-state index contributed by atoms with van der Waals surface area (Å²) in [7, 11) is 0. The van der Waals surface area contributed by atoms with E-state index in [2.05, 4.69) is 5.32 Å². The number of aliphatic hydroxyl groups is 2. The maximum atomic E-state index is 11.8. The molecule has 0 saturated carbocycles. The molecule has 4 heteroatoms. The Morgan fingerprint density at radius 1 is 0.839 bits per heavy atom. The van der Waals surface area contributed by atoms with E-state index in [0.717, 1.165) is 28.0 Å². The normalized spacial score (nSPS) is 13.6. The van der Waals surface area contributed by atoms with E-state index in [1.165, 1.54) is 0 Å². The van der Waals surface area contributed by atoms with E-state index < -0.39 is 11.7 Å². The fourth-order valence-corrected chi connectivity index (χ4v) is 3.68. The summed E-state index contributed by atoms with van der Waals surface area (Å²) in [5.74, 6) is 0.739. The van der Waals surface area contributed by atoms with Gasteiger partial charge < -0.3 is 20.3 Å². The molecule has 0 amide bonds. The van der Waals surface area contributed by atoms with Crippen LogP contribution in [0.3, 0.4) is 0 Å². The maximum Gasteiger partial charge on any atom is 0.119 e. The molecule has 0 aliphatic carbocycles. The lowest BCUT2D eigenvalue weighted by molar-refractivity contribution is 0.0557. The fourth-order valence-electron chi connectivity index (χ4n) is 3.68. The number of hydrogen-bond donors (Lipinski definition) is 3. The van der Waals surface area contributed by atoms with Gasteiger partial charge in [-0.2, -0.15) is 0 Å². The summed E-state index contributed by atoms with van der Waals surface area (Å²) >= 11 is 0. The van der Waals surface area contributed by atoms with Gasteiger partial charge in [-0.1, -0.05) is 77.9 Å². The molecular formula is C27H33NO3. The van der Waals surface area contributed by atoms with E-state index in [1.54, 1.807) is 0 Å². The lowest BCUT2D eigenvalue weighted by Crippen LogP contribution is -2.41. The SMILES string of the molecule is Cc1ccc(C(O)(C[C@H](C)NC[C@H](O)COc2ccccc2)c2ccc(C)cc2)cc1. The number of aliphatic hydroxyl groups excluding tert-OH is 1. The van der Waals surface area contributed by atoms with Gasteiger partial charge in [-0.15, -0.1) is 0 Å². The van der Waals surface area contributed by atoms with Crippen LogP contribution in [0, 0.1) is 13.8 Å². The standard InChI is InChI=1S/C27H33NO3/c1-20-9-13-23(14-10-20)27(30,24-15-11-21(2)12-16-24)17-22(3)28-18-25(29)19-31-26-7-5-4-6-8-26/h4-16,22,25,28-30H,17-19H2,1-3H3/t22-,25-/m0/s1. The average Bonchev–Trinajstić information content (AvgIpc) is 2.77. The molecule has 0 saturated heterocycles. The summed E-state index contributed by atoms with van der Waals surface area (Å²) in [4.78, 5) is 0. The van der Waals surface area contributed by atoms with E-state index in [4.69, 9.17) is 4.74 Å². The minimum atomic E-state index is -1.13. The molecule has 0 fully saturated rings. The Morgan fingerprint density at radius 3 is 1.87 bits per heavy atom. The van der Waals surface area contributed by atoms with Crippen molar-refractivity contribution in [3.05, 3.63) is 101 Å². The molecule has 0 bridgehead atoms. The summed E-state index contributed by atoms with van der Waals surface area (Å²) in [5, 5.41) is 25.4. The number of ether oxygens (including phenoxy) is 1. The zero-order valence-corrected chi connectivity index (χ0v) is 18.6. The molecule has 0 radical (unpaired) electrons. The summed E-state index contributed by atoms with van der Waals surface area (Å²) < 4.78 is 5.62. The van der Waals surface area contributed by atoms with Crippen molar-refractivity contribution in [3.63, 3.8) is 0 Å². The second kappa shape index (κ2) is 10.6. The second-order valence-corrected chi connectivity index (χ2v) is 8.38. The van der Waals surface area contributed by atoms with Crippen LogP contribution in [-0.2, 0) is 5.60 Å². The number of rotatable bonds is 10. The Morgan fingerprint density at radius 2 is 1.35 bits per heavy atom. The smallest absolute Gasteiger partial charge is 0.119 e. The van der Waals surface area contributed by atoms with Crippen molar-refractivity contribution in [1.29, 1.82) is 0 Å². The van der Waals surface area contributed by atoms with Crippen molar-refractivity contribution in [2.75, 3.05) is 13.2 Å². The third-order valence-electron chi connectivity index (χ3n) is 5.55. The second-order valence-electron chi connectivity index (χ2n) is 8.38. The van der Waals surface area contributed by atoms with Crippen LogP contribution in [0.2, 0.25) is 0 Å². The minimum Gasteiger partial charge on any atom is -0.491 e. The van der Waals surface area contributed by atoms with Crippen molar-refractivity contribution >= 4 is 0 Å². The van der Waals surface area contributed by atoms with Crippen LogP contribution in [0.5, 0.6) is 5.75 Å². The first-order valence-electron chi connectivity index (χ1n) is 10.8. The van der Waals surface area contributed by atoms with Crippen molar-refractivity contribution in [1.82, 2.24) is 5.32 Å². The molecular weight excluding hydrogens is 386 g/mol. The molecule has 0 unspecified atom stereocenters. The Labute approximate surface area is 185 Å². The third-order valence-corrected chi connectivity index (χ3v) is 5.55. The predicted octanol–water partition coefficient (Wildman–Crippen LogP) is 4.35. The predicted molar refractivity (Wildman–Crippen MR) is 125 cm³/mol. The highest BCUT2D eigenvalue weighted by Gasteiger charge is 2.33. The first-order chi connectivity index (χ1) is 14.9. The van der Waals surface area contributed by atoms with Gasteiger partial charge in [-0.3, -0.25) is 0 Å². The van der Waals surface area contributed by atoms with Crippen LogP contribution in [0.15, 0.2) is 78.9 Å². The Bertz CT molecular complexity index is 877. The van der Waals surface area contributed by atoms with Gasteiger partial charge >= 0.3 is 0 Å². The molecule has 4 nitrogen and oxygen atoms in total. The van der Waals surface area contributed by atoms with Crippen LogP contribution in [-0.4, -0.2) is 35.5 Å². The third kappa shape index (κ3) is 6.41. The molecule has 2 atom stereocenters. The van der Waals surface area contributed by atoms with E-state index in [1.807, 2.05) is 99.6 Å². The van der Waals surface area contributed by atoms with Gasteiger partial charge in [0.2, 0.25) is 0 Å². The molecule has 0 spiro atoms. The molecule has 0 aliphatic rings. The highest BCUT2D eigenvalue weighted by molar-refractivity contribution is 5.38. The van der Waals surface area contributed by atoms with Gasteiger partial charge in [0.05, 0.1) is 0 Å². The quantitative estimate of drug-likeness (QED) is 0.457. The van der Waals surface area contributed by atoms with E-state index in [-0.39, 0.29) is 12.6 Å². The number of hydrogen-bond acceptors (Lipinski definition) is 4. The lowest BCUT2D eigenvalue weighted by Gasteiger charge is -2.33. The van der Waals surface area contributed by atoms with Crippen molar-refractivity contribution in [2.45, 2.75) is 44.9 Å².